The summed E-state index contributed by atoms with van der Waals surface area (Å²) in [5.41, 5.74) is 5.80. The van der Waals surface area contributed by atoms with E-state index in [4.69, 9.17) is 10.5 Å². The van der Waals surface area contributed by atoms with Crippen LogP contribution in [0.25, 0.3) is 0 Å². The van der Waals surface area contributed by atoms with E-state index in [1.807, 2.05) is 0 Å². The van der Waals surface area contributed by atoms with Crippen molar-refractivity contribution in [2.75, 3.05) is 25.0 Å². The highest BCUT2D eigenvalue weighted by molar-refractivity contribution is 5.94. The molecule has 32 heavy (non-hydrogen) atoms. The second-order valence-corrected chi connectivity index (χ2v) is 7.45. The zero-order valence-electron chi connectivity index (χ0n) is 17.3. The Labute approximate surface area is 184 Å². The van der Waals surface area contributed by atoms with E-state index in [9.17, 15) is 23.9 Å². The average molecular weight is 444 g/mol. The summed E-state index contributed by atoms with van der Waals surface area (Å²) in [5, 5.41) is 15.9. The molecule has 0 spiro atoms. The monoisotopic (exact) mass is 444 g/mol. The normalized spacial score (nSPS) is 18.4. The fraction of sp³-hybridized carbons (Fsp3) is 0.318. The standard InChI is InChI=1S/C22H25FN4O5/c23-15-5-7-16(8-6-15)25-22(31)27-11-1-2-19(28)18(12-27)26-21(30)14-3-9-17(10-4-14)32-13-20(24)29/h3-10,18-19,28H,1-2,11-13H2,(H2,24,29)(H,25,31)(H,26,30). The molecule has 0 aliphatic carbocycles. The second kappa shape index (κ2) is 10.6. The molecule has 0 saturated carbocycles. The second-order valence-electron chi connectivity index (χ2n) is 7.45. The smallest absolute Gasteiger partial charge is 0.321 e. The molecule has 1 aliphatic heterocycles. The summed E-state index contributed by atoms with van der Waals surface area (Å²) in [4.78, 5) is 37.6. The van der Waals surface area contributed by atoms with Gasteiger partial charge in [-0.05, 0) is 61.4 Å². The molecule has 170 valence electrons. The number of anilines is 1. The van der Waals surface area contributed by atoms with Crippen LogP contribution in [-0.4, -0.2) is 59.7 Å². The number of benzene rings is 2. The number of nitrogens with two attached hydrogens (primary N) is 1. The Morgan fingerprint density at radius 3 is 2.47 bits per heavy atom. The zero-order chi connectivity index (χ0) is 23.1. The van der Waals surface area contributed by atoms with Gasteiger partial charge in [-0.15, -0.1) is 0 Å². The fourth-order valence-corrected chi connectivity index (χ4v) is 3.31. The number of aliphatic hydroxyl groups is 1. The minimum atomic E-state index is -0.819. The minimum Gasteiger partial charge on any atom is -0.484 e. The summed E-state index contributed by atoms with van der Waals surface area (Å²) < 4.78 is 18.2. The van der Waals surface area contributed by atoms with Crippen molar-refractivity contribution in [2.24, 2.45) is 5.73 Å². The van der Waals surface area contributed by atoms with Crippen molar-refractivity contribution < 1.29 is 28.6 Å². The van der Waals surface area contributed by atoms with Crippen molar-refractivity contribution in [3.05, 3.63) is 59.9 Å². The van der Waals surface area contributed by atoms with Gasteiger partial charge in [0.2, 0.25) is 0 Å². The molecule has 5 N–H and O–H groups in total. The van der Waals surface area contributed by atoms with Crippen molar-refractivity contribution in [2.45, 2.75) is 25.0 Å². The Morgan fingerprint density at radius 1 is 1.12 bits per heavy atom. The summed E-state index contributed by atoms with van der Waals surface area (Å²) in [6.07, 6.45) is 0.169. The molecule has 1 aliphatic rings. The van der Waals surface area contributed by atoms with Gasteiger partial charge in [0.25, 0.3) is 11.8 Å². The van der Waals surface area contributed by atoms with Crippen LogP contribution in [0, 0.1) is 5.82 Å². The van der Waals surface area contributed by atoms with E-state index in [0.717, 1.165) is 0 Å². The number of carbonyl (C=O) groups is 3. The van der Waals surface area contributed by atoms with Gasteiger partial charge in [-0.1, -0.05) is 0 Å². The number of hydrogen-bond donors (Lipinski definition) is 4. The average Bonchev–Trinajstić information content (AvgIpc) is 2.95. The van der Waals surface area contributed by atoms with Crippen molar-refractivity contribution in [3.63, 3.8) is 0 Å². The summed E-state index contributed by atoms with van der Waals surface area (Å²) >= 11 is 0. The first-order valence-corrected chi connectivity index (χ1v) is 10.1. The Bertz CT molecular complexity index is 952. The van der Waals surface area contributed by atoms with Crippen molar-refractivity contribution >= 4 is 23.5 Å². The van der Waals surface area contributed by atoms with E-state index >= 15 is 0 Å². The van der Waals surface area contributed by atoms with Gasteiger partial charge in [0.15, 0.2) is 6.61 Å². The molecular weight excluding hydrogens is 419 g/mol. The molecule has 10 heteroatoms. The third-order valence-corrected chi connectivity index (χ3v) is 5.01. The van der Waals surface area contributed by atoms with E-state index in [-0.39, 0.29) is 13.2 Å². The van der Waals surface area contributed by atoms with Crippen molar-refractivity contribution in [1.82, 2.24) is 10.2 Å². The van der Waals surface area contributed by atoms with Gasteiger partial charge in [0.05, 0.1) is 12.1 Å². The van der Waals surface area contributed by atoms with Crippen LogP contribution in [-0.2, 0) is 4.79 Å². The van der Waals surface area contributed by atoms with Gasteiger partial charge in [-0.25, -0.2) is 9.18 Å². The van der Waals surface area contributed by atoms with Crippen molar-refractivity contribution in [1.29, 1.82) is 0 Å². The molecule has 3 rings (SSSR count). The molecular formula is C22H25FN4O5. The zero-order valence-corrected chi connectivity index (χ0v) is 17.3. The molecule has 2 aromatic carbocycles. The highest BCUT2D eigenvalue weighted by Gasteiger charge is 2.29. The molecule has 4 amide bonds. The lowest BCUT2D eigenvalue weighted by molar-refractivity contribution is -0.119. The molecule has 2 unspecified atom stereocenters. The number of carbonyl (C=O) groups excluding carboxylic acids is 3. The molecule has 2 aromatic rings. The predicted octanol–water partition coefficient (Wildman–Crippen LogP) is 1.48. The van der Waals surface area contributed by atoms with Crippen LogP contribution < -0.4 is 21.1 Å². The number of urea groups is 1. The number of primary amides is 1. The Balaban J connectivity index is 1.61. The number of nitrogens with one attached hydrogen (secondary N) is 2. The largest absolute Gasteiger partial charge is 0.484 e. The van der Waals surface area contributed by atoms with Crippen molar-refractivity contribution in [3.8, 4) is 5.75 Å². The molecule has 0 bridgehead atoms. The van der Waals surface area contributed by atoms with E-state index in [2.05, 4.69) is 10.6 Å². The number of likely N-dealkylation sites (tertiary alicyclic amines) is 1. The first-order valence-electron chi connectivity index (χ1n) is 10.1. The van der Waals surface area contributed by atoms with Gasteiger partial charge in [-0.2, -0.15) is 0 Å². The number of halogens is 1. The third-order valence-electron chi connectivity index (χ3n) is 5.01. The van der Waals surface area contributed by atoms with Gasteiger partial charge in [0, 0.05) is 24.3 Å². The number of rotatable bonds is 6. The topological polar surface area (TPSA) is 134 Å². The first kappa shape index (κ1) is 23.0. The molecule has 1 heterocycles. The van der Waals surface area contributed by atoms with Gasteiger partial charge >= 0.3 is 6.03 Å². The first-order chi connectivity index (χ1) is 15.3. The number of nitrogens with zero attached hydrogens (tertiary/aromatic N) is 1. The Hall–Kier alpha value is -3.66. The van der Waals surface area contributed by atoms with E-state index in [1.165, 1.54) is 53.4 Å². The Morgan fingerprint density at radius 2 is 1.81 bits per heavy atom. The van der Waals surface area contributed by atoms with E-state index < -0.39 is 35.8 Å². The summed E-state index contributed by atoms with van der Waals surface area (Å²) in [5.74, 6) is -1.05. The van der Waals surface area contributed by atoms with Gasteiger partial charge < -0.3 is 31.1 Å². The molecule has 2 atom stereocenters. The fourth-order valence-electron chi connectivity index (χ4n) is 3.31. The molecule has 0 aromatic heterocycles. The lowest BCUT2D eigenvalue weighted by Gasteiger charge is -2.27. The summed E-state index contributed by atoms with van der Waals surface area (Å²) in [6.45, 7) is 0.248. The molecule has 0 radical (unpaired) electrons. The maximum Gasteiger partial charge on any atom is 0.321 e. The summed E-state index contributed by atoms with van der Waals surface area (Å²) in [7, 11) is 0. The van der Waals surface area contributed by atoms with Crippen LogP contribution in [0.4, 0.5) is 14.9 Å². The number of hydrogen-bond acceptors (Lipinski definition) is 5. The quantitative estimate of drug-likeness (QED) is 0.535. The predicted molar refractivity (Wildman–Crippen MR) is 115 cm³/mol. The summed E-state index contributed by atoms with van der Waals surface area (Å²) in [6, 6.07) is 10.4. The van der Waals surface area contributed by atoms with Crippen LogP contribution in [0.5, 0.6) is 5.75 Å². The number of ether oxygens (including phenoxy) is 1. The van der Waals surface area contributed by atoms with E-state index in [0.29, 0.717) is 36.4 Å². The van der Waals surface area contributed by atoms with E-state index in [1.54, 1.807) is 0 Å². The van der Waals surface area contributed by atoms with Crippen LogP contribution in [0.15, 0.2) is 48.5 Å². The van der Waals surface area contributed by atoms with Gasteiger partial charge in [-0.3, -0.25) is 9.59 Å². The maximum absolute atomic E-state index is 13.1. The maximum atomic E-state index is 13.1. The lowest BCUT2D eigenvalue weighted by Crippen LogP contribution is -2.50. The van der Waals surface area contributed by atoms with Crippen LogP contribution in [0.2, 0.25) is 0 Å². The number of aliphatic hydroxyl groups excluding tert-OH is 1. The van der Waals surface area contributed by atoms with Crippen LogP contribution in [0.1, 0.15) is 23.2 Å². The highest BCUT2D eigenvalue weighted by atomic mass is 19.1. The number of amides is 4. The minimum absolute atomic E-state index is 0.111. The molecule has 9 nitrogen and oxygen atoms in total. The SMILES string of the molecule is NC(=O)COc1ccc(C(=O)NC2CN(C(=O)Nc3ccc(F)cc3)CCCC2O)cc1. The highest BCUT2D eigenvalue weighted by Crippen LogP contribution is 2.16. The van der Waals surface area contributed by atoms with Gasteiger partial charge in [0.1, 0.15) is 11.6 Å². The lowest BCUT2D eigenvalue weighted by atomic mass is 10.1. The van der Waals surface area contributed by atoms with Crippen LogP contribution >= 0.6 is 0 Å². The Kier molecular flexibility index (Phi) is 7.61. The van der Waals surface area contributed by atoms with Crippen LogP contribution in [0.3, 0.4) is 0 Å². The molecule has 1 saturated heterocycles. The molecule has 1 fully saturated rings. The third kappa shape index (κ3) is 6.42.